The second-order valence-electron chi connectivity index (χ2n) is 10.4. The van der Waals surface area contributed by atoms with Crippen molar-refractivity contribution in [2.75, 3.05) is 29.2 Å². The summed E-state index contributed by atoms with van der Waals surface area (Å²) in [6, 6.07) is 13.0. The molecule has 1 aliphatic heterocycles. The van der Waals surface area contributed by atoms with Crippen LogP contribution in [0.5, 0.6) is 11.5 Å². The van der Waals surface area contributed by atoms with Crippen molar-refractivity contribution in [1.29, 1.82) is 0 Å². The molecule has 180 valence electrons. The van der Waals surface area contributed by atoms with Gasteiger partial charge < -0.3 is 14.8 Å². The van der Waals surface area contributed by atoms with Crippen molar-refractivity contribution in [1.82, 2.24) is 0 Å². The summed E-state index contributed by atoms with van der Waals surface area (Å²) in [6.45, 7) is -0.229. The van der Waals surface area contributed by atoms with Gasteiger partial charge in [0.1, 0.15) is 6.54 Å². The molecule has 0 atom stereocenters. The van der Waals surface area contributed by atoms with E-state index < -0.39 is 15.9 Å². The highest BCUT2D eigenvalue weighted by Crippen LogP contribution is 2.59. The molecule has 1 heterocycles. The molecule has 0 unspecified atom stereocenters. The highest BCUT2D eigenvalue weighted by atomic mass is 32.2. The molecule has 4 fully saturated rings. The first-order valence-corrected chi connectivity index (χ1v) is 14.0. The van der Waals surface area contributed by atoms with Gasteiger partial charge in [-0.2, -0.15) is 0 Å². The largest absolute Gasteiger partial charge is 0.454 e. The number of sulfonamides is 1. The van der Waals surface area contributed by atoms with E-state index in [0.29, 0.717) is 28.8 Å². The van der Waals surface area contributed by atoms with E-state index in [1.807, 2.05) is 12.1 Å². The zero-order valence-electron chi connectivity index (χ0n) is 19.3. The second-order valence-corrected chi connectivity index (χ2v) is 12.3. The average molecular weight is 483 g/mol. The third-order valence-electron chi connectivity index (χ3n) is 8.14. The number of hydrogen-bond donors (Lipinski definition) is 1. The minimum absolute atomic E-state index is 0.0949. The van der Waals surface area contributed by atoms with Gasteiger partial charge in [0.2, 0.25) is 22.7 Å². The number of benzene rings is 2. The van der Waals surface area contributed by atoms with Crippen LogP contribution in [-0.2, 0) is 14.8 Å². The van der Waals surface area contributed by atoms with Crippen molar-refractivity contribution >= 4 is 27.3 Å². The molecule has 7 rings (SSSR count). The summed E-state index contributed by atoms with van der Waals surface area (Å²) in [7, 11) is -3.68. The van der Waals surface area contributed by atoms with Crippen molar-refractivity contribution in [2.24, 2.45) is 23.7 Å². The number of fused-ring (bicyclic) bond motifs is 1. The number of nitrogens with zero attached hydrogens (tertiary/aromatic N) is 1. The molecule has 2 aromatic rings. The van der Waals surface area contributed by atoms with E-state index in [1.165, 1.54) is 37.7 Å². The molecule has 4 bridgehead atoms. The summed E-state index contributed by atoms with van der Waals surface area (Å²) in [5.74, 6) is 4.77. The molecule has 34 heavy (non-hydrogen) atoms. The van der Waals surface area contributed by atoms with Crippen molar-refractivity contribution in [2.45, 2.75) is 38.0 Å². The number of ether oxygens (including phenoxy) is 2. The van der Waals surface area contributed by atoms with Gasteiger partial charge in [-0.3, -0.25) is 9.10 Å². The summed E-state index contributed by atoms with van der Waals surface area (Å²) >= 11 is 0. The molecule has 0 saturated heterocycles. The average Bonchev–Trinajstić information content (AvgIpc) is 3.25. The number of rotatable bonds is 6. The Morgan fingerprint density at radius 1 is 0.941 bits per heavy atom. The van der Waals surface area contributed by atoms with Gasteiger partial charge in [0.15, 0.2) is 11.5 Å². The van der Waals surface area contributed by atoms with E-state index in [2.05, 4.69) is 17.4 Å². The predicted molar refractivity (Wildman–Crippen MR) is 130 cm³/mol. The number of anilines is 2. The fraction of sp³-hybridized carbons (Fsp3) is 0.500. The van der Waals surface area contributed by atoms with Gasteiger partial charge in [-0.05, 0) is 91.5 Å². The van der Waals surface area contributed by atoms with E-state index >= 15 is 0 Å². The van der Waals surface area contributed by atoms with Crippen molar-refractivity contribution in [3.05, 3.63) is 48.0 Å². The molecule has 4 saturated carbocycles. The quantitative estimate of drug-likeness (QED) is 0.661. The minimum atomic E-state index is -3.68. The maximum absolute atomic E-state index is 12.8. The van der Waals surface area contributed by atoms with Crippen LogP contribution in [0, 0.1) is 23.7 Å². The number of amides is 1. The fourth-order valence-corrected chi connectivity index (χ4v) is 7.88. The normalized spacial score (nSPS) is 28.7. The Balaban J connectivity index is 1.14. The summed E-state index contributed by atoms with van der Waals surface area (Å²) < 4.78 is 36.6. The summed E-state index contributed by atoms with van der Waals surface area (Å²) in [6.07, 6.45) is 8.02. The lowest BCUT2D eigenvalue weighted by Crippen LogP contribution is -2.43. The monoisotopic (exact) mass is 482 g/mol. The first-order valence-electron chi connectivity index (χ1n) is 12.1. The summed E-state index contributed by atoms with van der Waals surface area (Å²) in [5.41, 5.74) is 2.42. The Kier molecular flexibility index (Phi) is 5.24. The van der Waals surface area contributed by atoms with Crippen LogP contribution in [0.4, 0.5) is 11.4 Å². The first kappa shape index (κ1) is 21.8. The highest BCUT2D eigenvalue weighted by molar-refractivity contribution is 7.92. The molecule has 1 amide bonds. The lowest BCUT2D eigenvalue weighted by atomic mass is 9.51. The smallest absolute Gasteiger partial charge is 0.245 e. The Morgan fingerprint density at radius 2 is 1.59 bits per heavy atom. The van der Waals surface area contributed by atoms with Gasteiger partial charge in [0.05, 0.1) is 11.9 Å². The molecule has 5 aliphatic rings. The van der Waals surface area contributed by atoms with Gasteiger partial charge in [0, 0.05) is 11.8 Å². The third-order valence-corrected chi connectivity index (χ3v) is 9.28. The Hall–Kier alpha value is -2.74. The molecule has 1 N–H and O–H groups in total. The van der Waals surface area contributed by atoms with E-state index in [-0.39, 0.29) is 13.3 Å². The molecule has 0 spiro atoms. The van der Waals surface area contributed by atoms with Crippen molar-refractivity contribution in [3.63, 3.8) is 0 Å². The minimum Gasteiger partial charge on any atom is -0.454 e. The zero-order valence-corrected chi connectivity index (χ0v) is 20.1. The Morgan fingerprint density at radius 3 is 2.24 bits per heavy atom. The van der Waals surface area contributed by atoms with Gasteiger partial charge in [-0.1, -0.05) is 12.1 Å². The molecular formula is C26H30N2O5S. The first-order chi connectivity index (χ1) is 16.3. The molecule has 0 aromatic heterocycles. The van der Waals surface area contributed by atoms with Crippen molar-refractivity contribution in [3.8, 4) is 11.5 Å². The van der Waals surface area contributed by atoms with Crippen LogP contribution in [0.25, 0.3) is 0 Å². The van der Waals surface area contributed by atoms with Gasteiger partial charge in [-0.25, -0.2) is 8.42 Å². The number of hydrogen-bond acceptors (Lipinski definition) is 5. The van der Waals surface area contributed by atoms with Crippen LogP contribution in [-0.4, -0.2) is 33.9 Å². The SMILES string of the molecule is CS(=O)(=O)N(CC(=O)Nc1ccc(C2C3CC4CC(C3)CC2C4)cc1)c1ccc2c(c1)OCO2. The Bertz CT molecular complexity index is 1180. The lowest BCUT2D eigenvalue weighted by molar-refractivity contribution is -0.114. The molecule has 7 nitrogen and oxygen atoms in total. The van der Waals surface area contributed by atoms with Crippen LogP contribution in [0.2, 0.25) is 0 Å². The van der Waals surface area contributed by atoms with Crippen molar-refractivity contribution < 1.29 is 22.7 Å². The highest BCUT2D eigenvalue weighted by Gasteiger charge is 2.48. The number of carbonyl (C=O) groups excluding carboxylic acids is 1. The van der Waals surface area contributed by atoms with E-state index in [1.54, 1.807) is 18.2 Å². The van der Waals surface area contributed by atoms with Crippen LogP contribution in [0.1, 0.15) is 43.6 Å². The lowest BCUT2D eigenvalue weighted by Gasteiger charge is -2.54. The summed E-state index contributed by atoms with van der Waals surface area (Å²) in [5, 5.41) is 2.86. The van der Waals surface area contributed by atoms with Gasteiger partial charge in [-0.15, -0.1) is 0 Å². The van der Waals surface area contributed by atoms with Crippen LogP contribution in [0.15, 0.2) is 42.5 Å². The predicted octanol–water partition coefficient (Wildman–Crippen LogP) is 4.36. The van der Waals surface area contributed by atoms with E-state index in [0.717, 1.165) is 34.2 Å². The standard InChI is InChI=1S/C26H30N2O5S/c1-34(30,31)28(22-6-7-23-24(13-22)33-15-32-23)14-25(29)27-21-4-2-18(3-5-21)26-19-9-16-8-17(11-19)12-20(26)10-16/h2-7,13,16-17,19-20,26H,8-12,14-15H2,1H3,(H,27,29). The van der Waals surface area contributed by atoms with Gasteiger partial charge in [0.25, 0.3) is 0 Å². The van der Waals surface area contributed by atoms with E-state index in [4.69, 9.17) is 9.47 Å². The maximum Gasteiger partial charge on any atom is 0.245 e. The fourth-order valence-electron chi connectivity index (χ4n) is 7.03. The van der Waals surface area contributed by atoms with Crippen LogP contribution < -0.4 is 19.1 Å². The van der Waals surface area contributed by atoms with Crippen LogP contribution in [0.3, 0.4) is 0 Å². The number of carbonyl (C=O) groups is 1. The molecule has 8 heteroatoms. The number of nitrogens with one attached hydrogen (secondary N) is 1. The Labute approximate surface area is 200 Å². The van der Waals surface area contributed by atoms with Gasteiger partial charge >= 0.3 is 0 Å². The summed E-state index contributed by atoms with van der Waals surface area (Å²) in [4.78, 5) is 12.8. The van der Waals surface area contributed by atoms with E-state index in [9.17, 15) is 13.2 Å². The molecular weight excluding hydrogens is 452 g/mol. The van der Waals surface area contributed by atoms with Crippen LogP contribution >= 0.6 is 0 Å². The third kappa shape index (κ3) is 4.02. The second kappa shape index (κ2) is 8.18. The topological polar surface area (TPSA) is 84.9 Å². The molecule has 4 aliphatic carbocycles. The molecule has 2 aromatic carbocycles. The molecule has 0 radical (unpaired) electrons. The zero-order chi connectivity index (χ0) is 23.4. The maximum atomic E-state index is 12.8.